The first kappa shape index (κ1) is 18.9. The van der Waals surface area contributed by atoms with E-state index in [4.69, 9.17) is 13.3 Å². The Balaban J connectivity index is 1.94. The van der Waals surface area contributed by atoms with Gasteiger partial charge in [0.15, 0.2) is 0 Å². The molecule has 2 rings (SSSR count). The number of aryl methyl sites for hydroxylation is 1. The van der Waals surface area contributed by atoms with E-state index >= 15 is 0 Å². The highest BCUT2D eigenvalue weighted by Crippen LogP contribution is 2.18. The summed E-state index contributed by atoms with van der Waals surface area (Å²) in [6, 6.07) is 21.5. The van der Waals surface area contributed by atoms with Crippen molar-refractivity contribution in [2.75, 3.05) is 19.8 Å². The molecule has 24 heavy (non-hydrogen) atoms. The highest BCUT2D eigenvalue weighted by atomic mass is 28.4. The summed E-state index contributed by atoms with van der Waals surface area (Å²) >= 11 is 0. The zero-order valence-corrected chi connectivity index (χ0v) is 15.7. The topological polar surface area (TPSA) is 27.7 Å². The minimum absolute atomic E-state index is 0.609. The molecule has 0 bridgehead atoms. The van der Waals surface area contributed by atoms with Crippen molar-refractivity contribution in [3.63, 3.8) is 0 Å². The van der Waals surface area contributed by atoms with Gasteiger partial charge in [-0.2, -0.15) is 0 Å². The van der Waals surface area contributed by atoms with E-state index < -0.39 is 8.80 Å². The van der Waals surface area contributed by atoms with Crippen molar-refractivity contribution in [3.8, 4) is 0 Å². The maximum atomic E-state index is 6.23. The van der Waals surface area contributed by atoms with Crippen molar-refractivity contribution < 1.29 is 13.3 Å². The smallest absolute Gasteiger partial charge is 0.374 e. The van der Waals surface area contributed by atoms with E-state index in [0.717, 1.165) is 18.9 Å². The van der Waals surface area contributed by atoms with Gasteiger partial charge >= 0.3 is 8.80 Å². The molecule has 130 valence electrons. The van der Waals surface area contributed by atoms with Crippen LogP contribution in [0.1, 0.15) is 31.4 Å². The molecule has 0 N–H and O–H groups in total. The molecule has 0 aliphatic rings. The fourth-order valence-corrected chi connectivity index (χ4v) is 5.34. The van der Waals surface area contributed by atoms with E-state index in [2.05, 4.69) is 36.4 Å². The van der Waals surface area contributed by atoms with E-state index in [1.807, 2.05) is 38.1 Å². The van der Waals surface area contributed by atoms with Gasteiger partial charge in [0, 0.05) is 25.9 Å². The molecule has 2 aromatic rings. The van der Waals surface area contributed by atoms with E-state index in [0.29, 0.717) is 19.8 Å². The Morgan fingerprint density at radius 1 is 0.708 bits per heavy atom. The lowest BCUT2D eigenvalue weighted by Crippen LogP contribution is -2.49. The molecule has 0 aliphatic heterocycles. The molecular formula is C20H28O3Si. The molecule has 0 amide bonds. The van der Waals surface area contributed by atoms with Crippen LogP contribution in [-0.4, -0.2) is 28.6 Å². The third kappa shape index (κ3) is 6.21. The predicted molar refractivity (Wildman–Crippen MR) is 99.9 cm³/mol. The first-order chi connectivity index (χ1) is 11.8. The number of hydrogen-bond acceptors (Lipinski definition) is 3. The molecule has 0 saturated carbocycles. The largest absolute Gasteiger partial charge is 0.505 e. The summed E-state index contributed by atoms with van der Waals surface area (Å²) < 4.78 is 18.3. The summed E-state index contributed by atoms with van der Waals surface area (Å²) in [5, 5.41) is 0. The van der Waals surface area contributed by atoms with Crippen LogP contribution < -0.4 is 0 Å². The van der Waals surface area contributed by atoms with Crippen LogP contribution in [0.25, 0.3) is 0 Å². The second kappa shape index (κ2) is 10.4. The van der Waals surface area contributed by atoms with Crippen molar-refractivity contribution in [1.82, 2.24) is 0 Å². The van der Waals surface area contributed by atoms with Crippen molar-refractivity contribution in [1.29, 1.82) is 0 Å². The second-order valence-electron chi connectivity index (χ2n) is 5.65. The minimum Gasteiger partial charge on any atom is -0.374 e. The number of benzene rings is 2. The number of hydrogen-bond donors (Lipinski definition) is 0. The normalized spacial score (nSPS) is 11.6. The molecule has 4 heteroatoms. The molecule has 2 aromatic carbocycles. The van der Waals surface area contributed by atoms with Crippen LogP contribution in [0.4, 0.5) is 0 Å². The third-order valence-electron chi connectivity index (χ3n) is 3.77. The Hall–Kier alpha value is -1.46. The van der Waals surface area contributed by atoms with Crippen molar-refractivity contribution >= 4 is 8.80 Å². The quantitative estimate of drug-likeness (QED) is 0.446. The lowest BCUT2D eigenvalue weighted by molar-refractivity contribution is 0.0653. The Labute approximate surface area is 146 Å². The Bertz CT molecular complexity index is 554. The minimum atomic E-state index is -2.67. The van der Waals surface area contributed by atoms with Gasteiger partial charge in [-0.15, -0.1) is 0 Å². The van der Waals surface area contributed by atoms with E-state index in [1.165, 1.54) is 11.1 Å². The molecule has 0 saturated heterocycles. The molecule has 0 aliphatic carbocycles. The van der Waals surface area contributed by atoms with Gasteiger partial charge in [0.2, 0.25) is 0 Å². The van der Waals surface area contributed by atoms with Crippen LogP contribution in [0.5, 0.6) is 0 Å². The van der Waals surface area contributed by atoms with Crippen LogP contribution in [0.3, 0.4) is 0 Å². The molecule has 0 fully saturated rings. The fourth-order valence-electron chi connectivity index (χ4n) is 2.71. The lowest BCUT2D eigenvalue weighted by atomic mass is 10.1. The zero-order chi connectivity index (χ0) is 17.1. The molecule has 0 radical (unpaired) electrons. The van der Waals surface area contributed by atoms with Gasteiger partial charge in [0.05, 0.1) is 0 Å². The monoisotopic (exact) mass is 344 g/mol. The maximum absolute atomic E-state index is 6.23. The van der Waals surface area contributed by atoms with Crippen LogP contribution in [0, 0.1) is 0 Å². The summed E-state index contributed by atoms with van der Waals surface area (Å²) in [5.41, 5.74) is 2.54. The van der Waals surface area contributed by atoms with Crippen molar-refractivity contribution in [2.24, 2.45) is 0 Å². The van der Waals surface area contributed by atoms with Gasteiger partial charge in [-0.25, -0.2) is 0 Å². The molecule has 0 atom stereocenters. The van der Waals surface area contributed by atoms with Gasteiger partial charge < -0.3 is 13.3 Å². The zero-order valence-electron chi connectivity index (χ0n) is 14.7. The Kier molecular flexibility index (Phi) is 8.19. The molecule has 0 unspecified atom stereocenters. The summed E-state index contributed by atoms with van der Waals surface area (Å²) in [4.78, 5) is 0. The average molecular weight is 345 g/mol. The van der Waals surface area contributed by atoms with E-state index in [1.54, 1.807) is 0 Å². The first-order valence-electron chi connectivity index (χ1n) is 8.77. The average Bonchev–Trinajstić information content (AvgIpc) is 2.61. The fraction of sp³-hybridized carbons (Fsp3) is 0.400. The number of rotatable bonds is 11. The van der Waals surface area contributed by atoms with Gasteiger partial charge in [-0.05, 0) is 37.8 Å². The predicted octanol–water partition coefficient (Wildman–Crippen LogP) is 4.43. The van der Waals surface area contributed by atoms with Gasteiger partial charge in [-0.1, -0.05) is 60.7 Å². The highest BCUT2D eigenvalue weighted by Gasteiger charge is 2.40. The van der Waals surface area contributed by atoms with E-state index in [-0.39, 0.29) is 0 Å². The van der Waals surface area contributed by atoms with Gasteiger partial charge in [0.25, 0.3) is 0 Å². The second-order valence-corrected chi connectivity index (χ2v) is 8.23. The van der Waals surface area contributed by atoms with Gasteiger partial charge in [0.1, 0.15) is 0 Å². The lowest BCUT2D eigenvalue weighted by Gasteiger charge is -2.29. The first-order valence-corrected chi connectivity index (χ1v) is 10.7. The third-order valence-corrected chi connectivity index (χ3v) is 6.71. The van der Waals surface area contributed by atoms with Crippen LogP contribution in [0.15, 0.2) is 60.7 Å². The molecule has 0 heterocycles. The summed E-state index contributed by atoms with van der Waals surface area (Å²) in [6.07, 6.45) is 1.97. The molecule has 0 spiro atoms. The standard InChI is InChI=1S/C20H28O3Si/c1-3-21-24(22-4-2,18-20-14-9-6-10-15-20)23-17-11-16-19-12-7-5-8-13-19/h5-10,12-15H,3-4,11,16-18H2,1-2H3. The SMILES string of the molecule is CCO[Si](Cc1ccccc1)(OCC)OCCCc1ccccc1. The molecular weight excluding hydrogens is 316 g/mol. The Morgan fingerprint density at radius 3 is 1.79 bits per heavy atom. The van der Waals surface area contributed by atoms with Crippen molar-refractivity contribution in [3.05, 3.63) is 71.8 Å². The van der Waals surface area contributed by atoms with Crippen molar-refractivity contribution in [2.45, 2.75) is 32.7 Å². The molecule has 0 aromatic heterocycles. The summed E-state index contributed by atoms with van der Waals surface area (Å²) in [6.45, 7) is 5.88. The van der Waals surface area contributed by atoms with Crippen LogP contribution in [-0.2, 0) is 25.7 Å². The summed E-state index contributed by atoms with van der Waals surface area (Å²) in [5.74, 6) is 0. The Morgan fingerprint density at radius 2 is 1.25 bits per heavy atom. The summed E-state index contributed by atoms with van der Waals surface area (Å²) in [7, 11) is -2.67. The van der Waals surface area contributed by atoms with Crippen LogP contribution in [0.2, 0.25) is 0 Å². The van der Waals surface area contributed by atoms with E-state index in [9.17, 15) is 0 Å². The highest BCUT2D eigenvalue weighted by molar-refractivity contribution is 6.60. The molecule has 3 nitrogen and oxygen atoms in total. The van der Waals surface area contributed by atoms with Crippen LogP contribution >= 0.6 is 0 Å². The maximum Gasteiger partial charge on any atom is 0.505 e. The van der Waals surface area contributed by atoms with Gasteiger partial charge in [-0.3, -0.25) is 0 Å².